The van der Waals surface area contributed by atoms with Crippen LogP contribution < -0.4 is 5.46 Å². The minimum atomic E-state index is 0.000132. The van der Waals surface area contributed by atoms with Gasteiger partial charge in [0, 0.05) is 21.9 Å². The summed E-state index contributed by atoms with van der Waals surface area (Å²) in [6.07, 6.45) is 0. The Balaban J connectivity index is 1.44. The van der Waals surface area contributed by atoms with Crippen molar-refractivity contribution in [1.29, 1.82) is 0 Å². The maximum atomic E-state index is 2.42. The summed E-state index contributed by atoms with van der Waals surface area (Å²) in [5.74, 6) is 0. The molecule has 0 saturated heterocycles. The van der Waals surface area contributed by atoms with Crippen molar-refractivity contribution in [3.63, 3.8) is 0 Å². The standard InChI is InChI=1S/C33H26BN/c1-33(2)27-12-8-13-29(34)32(27)25-17-15-22(20-28(25)33)21-16-18-31-26(19-21)24-11-6-7-14-30(24)35(31)23-9-4-3-5-10-23/h3-20H,34H2,1-2H3. The van der Waals surface area contributed by atoms with Crippen molar-refractivity contribution in [1.82, 2.24) is 4.57 Å². The van der Waals surface area contributed by atoms with Crippen LogP contribution in [-0.2, 0) is 5.41 Å². The van der Waals surface area contributed by atoms with Crippen molar-refractivity contribution < 1.29 is 0 Å². The molecular weight excluding hydrogens is 421 g/mol. The first-order chi connectivity index (χ1) is 17.0. The summed E-state index contributed by atoms with van der Waals surface area (Å²) in [6, 6.07) is 40.1. The van der Waals surface area contributed by atoms with Gasteiger partial charge in [-0.1, -0.05) is 92.1 Å². The summed E-state index contributed by atoms with van der Waals surface area (Å²) in [5.41, 5.74) is 13.2. The molecule has 1 nitrogen and oxygen atoms in total. The van der Waals surface area contributed by atoms with Crippen molar-refractivity contribution in [3.05, 3.63) is 120 Å². The fourth-order valence-electron chi connectivity index (χ4n) is 6.16. The number of aromatic nitrogens is 1. The van der Waals surface area contributed by atoms with Gasteiger partial charge in [0.05, 0.1) is 11.0 Å². The molecule has 6 aromatic rings. The molecule has 0 bridgehead atoms. The molecule has 0 spiro atoms. The lowest BCUT2D eigenvalue weighted by atomic mass is 9.80. The van der Waals surface area contributed by atoms with Crippen LogP contribution in [0.15, 0.2) is 109 Å². The average Bonchev–Trinajstić information content (AvgIpc) is 3.34. The molecule has 1 aliphatic carbocycles. The van der Waals surface area contributed by atoms with Gasteiger partial charge in [-0.2, -0.15) is 0 Å². The summed E-state index contributed by atoms with van der Waals surface area (Å²) in [7, 11) is 2.23. The van der Waals surface area contributed by atoms with Gasteiger partial charge in [0.15, 0.2) is 0 Å². The van der Waals surface area contributed by atoms with Gasteiger partial charge in [0.1, 0.15) is 7.85 Å². The second-order valence-corrected chi connectivity index (χ2v) is 10.3. The van der Waals surface area contributed by atoms with Crippen LogP contribution in [0.5, 0.6) is 0 Å². The van der Waals surface area contributed by atoms with Crippen LogP contribution in [0.25, 0.3) is 49.7 Å². The smallest absolute Gasteiger partial charge is 0.140 e. The minimum absolute atomic E-state index is 0.000132. The fraction of sp³-hybridized carbons (Fsp3) is 0.0909. The largest absolute Gasteiger partial charge is 0.309 e. The van der Waals surface area contributed by atoms with E-state index < -0.39 is 0 Å². The zero-order valence-corrected chi connectivity index (χ0v) is 20.3. The highest BCUT2D eigenvalue weighted by atomic mass is 15.0. The quantitative estimate of drug-likeness (QED) is 0.252. The molecule has 35 heavy (non-hydrogen) atoms. The Morgan fingerprint density at radius 3 is 2.17 bits per heavy atom. The van der Waals surface area contributed by atoms with Crippen LogP contribution in [0.2, 0.25) is 0 Å². The van der Waals surface area contributed by atoms with E-state index >= 15 is 0 Å². The van der Waals surface area contributed by atoms with Crippen molar-refractivity contribution in [2.24, 2.45) is 0 Å². The van der Waals surface area contributed by atoms with Crippen LogP contribution in [0.1, 0.15) is 25.0 Å². The number of nitrogens with zero attached hydrogens (tertiary/aromatic N) is 1. The highest BCUT2D eigenvalue weighted by Gasteiger charge is 2.36. The molecule has 1 aromatic heterocycles. The van der Waals surface area contributed by atoms with Gasteiger partial charge in [-0.25, -0.2) is 0 Å². The van der Waals surface area contributed by atoms with E-state index in [2.05, 4.69) is 135 Å². The summed E-state index contributed by atoms with van der Waals surface area (Å²) in [5, 5.41) is 2.58. The SMILES string of the molecule is Bc1cccc2c1-c1ccc(-c3ccc4c(c3)c3ccccc3n4-c3ccccc3)cc1C2(C)C. The first-order valence-electron chi connectivity index (χ1n) is 12.4. The maximum absolute atomic E-state index is 2.42. The van der Waals surface area contributed by atoms with E-state index in [1.807, 2.05) is 0 Å². The Labute approximate surface area is 207 Å². The molecule has 0 saturated carbocycles. The van der Waals surface area contributed by atoms with E-state index in [1.54, 1.807) is 0 Å². The number of fused-ring (bicyclic) bond motifs is 6. The Bertz CT molecular complexity index is 1770. The molecule has 1 heterocycles. The highest BCUT2D eigenvalue weighted by Crippen LogP contribution is 2.49. The predicted molar refractivity (Wildman–Crippen MR) is 152 cm³/mol. The second kappa shape index (κ2) is 7.23. The molecule has 1 aliphatic rings. The molecule has 0 unspecified atom stereocenters. The highest BCUT2D eigenvalue weighted by molar-refractivity contribution is 6.36. The lowest BCUT2D eigenvalue weighted by Gasteiger charge is -2.22. The van der Waals surface area contributed by atoms with E-state index in [1.165, 1.54) is 66.3 Å². The van der Waals surface area contributed by atoms with E-state index in [0.29, 0.717) is 0 Å². The van der Waals surface area contributed by atoms with Crippen LogP contribution >= 0.6 is 0 Å². The maximum Gasteiger partial charge on any atom is 0.140 e. The number of hydrogen-bond acceptors (Lipinski definition) is 0. The number of hydrogen-bond donors (Lipinski definition) is 0. The average molecular weight is 447 g/mol. The third-order valence-electron chi connectivity index (χ3n) is 7.93. The molecule has 0 aliphatic heterocycles. The van der Waals surface area contributed by atoms with Gasteiger partial charge in [0.2, 0.25) is 0 Å². The molecule has 0 amide bonds. The van der Waals surface area contributed by atoms with Crippen LogP contribution in [0.4, 0.5) is 0 Å². The molecule has 5 aromatic carbocycles. The van der Waals surface area contributed by atoms with Crippen molar-refractivity contribution >= 4 is 35.1 Å². The van der Waals surface area contributed by atoms with Crippen LogP contribution in [-0.4, -0.2) is 12.4 Å². The van der Waals surface area contributed by atoms with Gasteiger partial charge in [-0.3, -0.25) is 0 Å². The molecule has 166 valence electrons. The van der Waals surface area contributed by atoms with Gasteiger partial charge >= 0.3 is 0 Å². The second-order valence-electron chi connectivity index (χ2n) is 10.3. The van der Waals surface area contributed by atoms with E-state index in [9.17, 15) is 0 Å². The molecule has 7 rings (SSSR count). The van der Waals surface area contributed by atoms with Crippen LogP contribution in [0.3, 0.4) is 0 Å². The van der Waals surface area contributed by atoms with Gasteiger partial charge in [-0.05, 0) is 69.8 Å². The van der Waals surface area contributed by atoms with Gasteiger partial charge in [0.25, 0.3) is 0 Å². The molecule has 0 radical (unpaired) electrons. The Hall–Kier alpha value is -4.04. The number of benzene rings is 5. The topological polar surface area (TPSA) is 4.93 Å². The van der Waals surface area contributed by atoms with Gasteiger partial charge < -0.3 is 4.57 Å². The summed E-state index contributed by atoms with van der Waals surface area (Å²) >= 11 is 0. The summed E-state index contributed by atoms with van der Waals surface area (Å²) in [6.45, 7) is 4.72. The zero-order chi connectivity index (χ0) is 23.7. The van der Waals surface area contributed by atoms with E-state index in [0.717, 1.165) is 0 Å². The lowest BCUT2D eigenvalue weighted by molar-refractivity contribution is 0.661. The molecule has 0 N–H and O–H groups in total. The van der Waals surface area contributed by atoms with Crippen LogP contribution in [0, 0.1) is 0 Å². The summed E-state index contributed by atoms with van der Waals surface area (Å²) in [4.78, 5) is 0. The number of rotatable bonds is 2. The molecular formula is C33H26BN. The fourth-order valence-corrected chi connectivity index (χ4v) is 6.16. The molecule has 0 fully saturated rings. The van der Waals surface area contributed by atoms with E-state index in [-0.39, 0.29) is 5.41 Å². The summed E-state index contributed by atoms with van der Waals surface area (Å²) < 4.78 is 2.37. The number of para-hydroxylation sites is 2. The van der Waals surface area contributed by atoms with Crippen molar-refractivity contribution in [2.75, 3.05) is 0 Å². The van der Waals surface area contributed by atoms with Crippen molar-refractivity contribution in [3.8, 4) is 27.9 Å². The van der Waals surface area contributed by atoms with E-state index in [4.69, 9.17) is 0 Å². The monoisotopic (exact) mass is 447 g/mol. The molecule has 2 heteroatoms. The Morgan fingerprint density at radius 1 is 0.600 bits per heavy atom. The van der Waals surface area contributed by atoms with Crippen molar-refractivity contribution in [2.45, 2.75) is 19.3 Å². The lowest BCUT2D eigenvalue weighted by Crippen LogP contribution is -2.16. The first kappa shape index (κ1) is 20.3. The van der Waals surface area contributed by atoms with Gasteiger partial charge in [-0.15, -0.1) is 0 Å². The predicted octanol–water partition coefficient (Wildman–Crippen LogP) is 7.02. The first-order valence-corrected chi connectivity index (χ1v) is 12.4. The normalized spacial score (nSPS) is 13.8. The molecule has 0 atom stereocenters. The third-order valence-corrected chi connectivity index (χ3v) is 7.93. The Morgan fingerprint density at radius 2 is 1.31 bits per heavy atom. The zero-order valence-electron chi connectivity index (χ0n) is 20.3. The Kier molecular flexibility index (Phi) is 4.20. The third kappa shape index (κ3) is 2.83. The minimum Gasteiger partial charge on any atom is -0.309 e.